The average Bonchev–Trinajstić information content (AvgIpc) is 2.69. The summed E-state index contributed by atoms with van der Waals surface area (Å²) in [5.74, 6) is 0.147. The lowest BCUT2D eigenvalue weighted by atomic mass is 9.68. The molecule has 2 aliphatic rings. The van der Waals surface area contributed by atoms with Gasteiger partial charge >= 0.3 is 5.97 Å². The SMILES string of the molecule is C=CCOC(=O)C1=C(C)NC2=C(C(=O)CC(C)(C)C2)[C@H]1c1ccc(OC)c(OC)c1. The van der Waals surface area contributed by atoms with Crippen LogP contribution in [-0.2, 0) is 14.3 Å². The number of benzene rings is 1. The van der Waals surface area contributed by atoms with Crippen molar-refractivity contribution in [1.29, 1.82) is 0 Å². The Hall–Kier alpha value is -3.02. The van der Waals surface area contributed by atoms with E-state index in [0.717, 1.165) is 17.7 Å². The minimum Gasteiger partial charge on any atom is -0.493 e. The Kier molecular flexibility index (Phi) is 6.06. The van der Waals surface area contributed by atoms with Gasteiger partial charge in [0.2, 0.25) is 0 Å². The predicted molar refractivity (Wildman–Crippen MR) is 114 cm³/mol. The molecule has 30 heavy (non-hydrogen) atoms. The Morgan fingerprint density at radius 3 is 2.57 bits per heavy atom. The molecule has 1 atom stereocenters. The van der Waals surface area contributed by atoms with Crippen molar-refractivity contribution in [2.24, 2.45) is 5.41 Å². The highest BCUT2D eigenvalue weighted by atomic mass is 16.5. The Bertz CT molecular complexity index is 954. The molecule has 1 aromatic carbocycles. The number of carbonyl (C=O) groups is 2. The molecule has 0 unspecified atom stereocenters. The number of ketones is 1. The van der Waals surface area contributed by atoms with Crippen LogP contribution in [0.1, 0.15) is 45.1 Å². The highest BCUT2D eigenvalue weighted by Crippen LogP contribution is 2.47. The maximum absolute atomic E-state index is 13.2. The molecule has 1 heterocycles. The Morgan fingerprint density at radius 1 is 1.23 bits per heavy atom. The highest BCUT2D eigenvalue weighted by molar-refractivity contribution is 6.04. The minimum absolute atomic E-state index is 0.0371. The standard InChI is InChI=1S/C24H29NO5/c1-7-10-30-23(27)20-14(2)25-16-12-24(3,4)13-17(26)22(16)21(20)15-8-9-18(28-5)19(11-15)29-6/h7-9,11,21,25H,1,10,12-13H2,2-6H3/t21-/m0/s1. The lowest BCUT2D eigenvalue weighted by Crippen LogP contribution is -2.38. The molecule has 0 spiro atoms. The van der Waals surface area contributed by atoms with Gasteiger partial charge in [0.05, 0.1) is 19.8 Å². The van der Waals surface area contributed by atoms with Crippen molar-refractivity contribution in [2.75, 3.05) is 20.8 Å². The number of Topliss-reactive ketones (excluding diaryl/α,β-unsaturated/α-hetero) is 1. The zero-order valence-corrected chi connectivity index (χ0v) is 18.3. The summed E-state index contributed by atoms with van der Waals surface area (Å²) >= 11 is 0. The van der Waals surface area contributed by atoms with E-state index >= 15 is 0 Å². The molecule has 0 bridgehead atoms. The first-order valence-electron chi connectivity index (χ1n) is 9.96. The van der Waals surface area contributed by atoms with E-state index in [9.17, 15) is 9.59 Å². The van der Waals surface area contributed by atoms with Gasteiger partial charge in [-0.2, -0.15) is 0 Å². The largest absolute Gasteiger partial charge is 0.493 e. The van der Waals surface area contributed by atoms with Gasteiger partial charge in [-0.3, -0.25) is 4.79 Å². The van der Waals surface area contributed by atoms with Crippen molar-refractivity contribution in [1.82, 2.24) is 5.32 Å². The topological polar surface area (TPSA) is 73.9 Å². The lowest BCUT2D eigenvalue weighted by molar-refractivity contribution is -0.138. The van der Waals surface area contributed by atoms with Crippen LogP contribution in [0.5, 0.6) is 11.5 Å². The van der Waals surface area contributed by atoms with Gasteiger partial charge in [-0.1, -0.05) is 32.6 Å². The number of hydrogen-bond acceptors (Lipinski definition) is 6. The van der Waals surface area contributed by atoms with Crippen LogP contribution in [0.2, 0.25) is 0 Å². The number of esters is 1. The fraction of sp³-hybridized carbons (Fsp3) is 0.417. The highest BCUT2D eigenvalue weighted by Gasteiger charge is 2.43. The molecule has 0 saturated carbocycles. The maximum Gasteiger partial charge on any atom is 0.337 e. The second kappa shape index (κ2) is 8.38. The fourth-order valence-corrected chi connectivity index (χ4v) is 4.28. The number of hydrogen-bond donors (Lipinski definition) is 1. The van der Waals surface area contributed by atoms with Gasteiger partial charge in [0.1, 0.15) is 6.61 Å². The van der Waals surface area contributed by atoms with Crippen LogP contribution in [0.4, 0.5) is 0 Å². The van der Waals surface area contributed by atoms with Crippen LogP contribution in [-0.4, -0.2) is 32.6 Å². The van der Waals surface area contributed by atoms with Gasteiger partial charge in [-0.25, -0.2) is 4.79 Å². The molecule has 0 amide bonds. The molecule has 1 aliphatic heterocycles. The van der Waals surface area contributed by atoms with Crippen LogP contribution in [0.3, 0.4) is 0 Å². The average molecular weight is 411 g/mol. The van der Waals surface area contributed by atoms with Crippen molar-refractivity contribution in [3.8, 4) is 11.5 Å². The van der Waals surface area contributed by atoms with E-state index in [1.165, 1.54) is 6.08 Å². The van der Waals surface area contributed by atoms with Crippen molar-refractivity contribution in [3.63, 3.8) is 0 Å². The first kappa shape index (κ1) is 21.7. The summed E-state index contributed by atoms with van der Waals surface area (Å²) in [5, 5.41) is 3.32. The third-order valence-corrected chi connectivity index (χ3v) is 5.53. The second-order valence-corrected chi connectivity index (χ2v) is 8.43. The van der Waals surface area contributed by atoms with E-state index in [4.69, 9.17) is 14.2 Å². The summed E-state index contributed by atoms with van der Waals surface area (Å²) in [7, 11) is 3.13. The molecule has 0 fully saturated rings. The van der Waals surface area contributed by atoms with Gasteiger partial charge in [0, 0.05) is 29.3 Å². The fourth-order valence-electron chi connectivity index (χ4n) is 4.28. The molecule has 6 heteroatoms. The van der Waals surface area contributed by atoms with Crippen molar-refractivity contribution in [3.05, 3.63) is 59.0 Å². The van der Waals surface area contributed by atoms with Crippen LogP contribution in [0.15, 0.2) is 53.4 Å². The normalized spacial score (nSPS) is 20.3. The Labute approximate surface area is 177 Å². The van der Waals surface area contributed by atoms with Gasteiger partial charge in [-0.15, -0.1) is 0 Å². The van der Waals surface area contributed by atoms with Gasteiger partial charge in [-0.05, 0) is 36.5 Å². The molecule has 6 nitrogen and oxygen atoms in total. The number of rotatable bonds is 6. The summed E-state index contributed by atoms with van der Waals surface area (Å²) in [6, 6.07) is 5.47. The van der Waals surface area contributed by atoms with E-state index in [1.54, 1.807) is 20.3 Å². The number of ether oxygens (including phenoxy) is 3. The first-order chi connectivity index (χ1) is 14.2. The molecular weight excluding hydrogens is 382 g/mol. The molecule has 0 radical (unpaired) electrons. The maximum atomic E-state index is 13.2. The lowest BCUT2D eigenvalue weighted by Gasteiger charge is -2.39. The van der Waals surface area contributed by atoms with Crippen LogP contribution in [0.25, 0.3) is 0 Å². The number of allylic oxidation sites excluding steroid dienone is 3. The monoisotopic (exact) mass is 411 g/mol. The molecule has 1 aliphatic carbocycles. The number of methoxy groups -OCH3 is 2. The molecule has 0 saturated heterocycles. The summed E-state index contributed by atoms with van der Waals surface area (Å²) in [5.41, 5.74) is 3.24. The molecule has 160 valence electrons. The van der Waals surface area contributed by atoms with Crippen LogP contribution >= 0.6 is 0 Å². The van der Waals surface area contributed by atoms with Gasteiger partial charge in [0.15, 0.2) is 17.3 Å². The van der Waals surface area contributed by atoms with E-state index < -0.39 is 11.9 Å². The summed E-state index contributed by atoms with van der Waals surface area (Å²) in [4.78, 5) is 26.2. The Morgan fingerprint density at radius 2 is 1.93 bits per heavy atom. The Balaban J connectivity index is 2.18. The van der Waals surface area contributed by atoms with Gasteiger partial charge in [0.25, 0.3) is 0 Å². The van der Waals surface area contributed by atoms with E-state index in [-0.39, 0.29) is 17.8 Å². The quantitative estimate of drug-likeness (QED) is 0.563. The molecular formula is C24H29NO5. The van der Waals surface area contributed by atoms with Gasteiger partial charge < -0.3 is 19.5 Å². The summed E-state index contributed by atoms with van der Waals surface area (Å²) in [6.07, 6.45) is 2.67. The van der Waals surface area contributed by atoms with Crippen molar-refractivity contribution >= 4 is 11.8 Å². The van der Waals surface area contributed by atoms with E-state index in [0.29, 0.717) is 34.8 Å². The minimum atomic E-state index is -0.540. The predicted octanol–water partition coefficient (Wildman–Crippen LogP) is 4.04. The van der Waals surface area contributed by atoms with Crippen molar-refractivity contribution < 1.29 is 23.8 Å². The molecule has 0 aromatic heterocycles. The first-order valence-corrected chi connectivity index (χ1v) is 9.96. The van der Waals surface area contributed by atoms with Crippen LogP contribution in [0, 0.1) is 5.41 Å². The number of carbonyl (C=O) groups excluding carboxylic acids is 2. The molecule has 3 rings (SSSR count). The van der Waals surface area contributed by atoms with E-state index in [1.807, 2.05) is 19.1 Å². The number of nitrogens with one attached hydrogen (secondary N) is 1. The zero-order chi connectivity index (χ0) is 22.1. The zero-order valence-electron chi connectivity index (χ0n) is 18.3. The third kappa shape index (κ3) is 3.99. The molecule has 1 N–H and O–H groups in total. The smallest absolute Gasteiger partial charge is 0.337 e. The second-order valence-electron chi connectivity index (χ2n) is 8.43. The summed E-state index contributed by atoms with van der Waals surface area (Å²) in [6.45, 7) is 9.70. The van der Waals surface area contributed by atoms with Crippen LogP contribution < -0.4 is 14.8 Å². The molecule has 1 aromatic rings. The summed E-state index contributed by atoms with van der Waals surface area (Å²) < 4.78 is 16.2. The van der Waals surface area contributed by atoms with Crippen molar-refractivity contribution in [2.45, 2.75) is 39.5 Å². The van der Waals surface area contributed by atoms with E-state index in [2.05, 4.69) is 25.7 Å². The number of dihydropyridines is 1. The third-order valence-electron chi connectivity index (χ3n) is 5.53.